The summed E-state index contributed by atoms with van der Waals surface area (Å²) >= 11 is 0. The van der Waals surface area contributed by atoms with Gasteiger partial charge < -0.3 is 0 Å². The molecule has 0 saturated heterocycles. The first-order chi connectivity index (χ1) is 7.68. The van der Waals surface area contributed by atoms with Crippen molar-refractivity contribution in [2.75, 3.05) is 0 Å². The van der Waals surface area contributed by atoms with E-state index in [0.717, 1.165) is 16.7 Å². The Morgan fingerprint density at radius 1 is 1.19 bits per heavy atom. The van der Waals surface area contributed by atoms with Gasteiger partial charge in [-0.05, 0) is 19.1 Å². The van der Waals surface area contributed by atoms with Gasteiger partial charge in [-0.15, -0.1) is 0 Å². The van der Waals surface area contributed by atoms with Crippen LogP contribution in [-0.4, -0.2) is 14.2 Å². The first-order valence-electron chi connectivity index (χ1n) is 5.12. The molecule has 0 aliphatic carbocycles. The number of hydrogen-bond acceptors (Lipinski definition) is 2. The van der Waals surface area contributed by atoms with Crippen LogP contribution in [0.3, 0.4) is 0 Å². The van der Waals surface area contributed by atoms with Crippen LogP contribution in [0.25, 0.3) is 16.4 Å². The molecule has 0 atom stereocenters. The maximum Gasteiger partial charge on any atom is 0.290 e. The molecule has 0 aliphatic rings. The van der Waals surface area contributed by atoms with E-state index in [9.17, 15) is 4.79 Å². The Kier molecular flexibility index (Phi) is 1.68. The van der Waals surface area contributed by atoms with Crippen molar-refractivity contribution in [1.29, 1.82) is 0 Å². The van der Waals surface area contributed by atoms with Crippen molar-refractivity contribution in [3.63, 3.8) is 0 Å². The Hall–Kier alpha value is -2.10. The minimum Gasteiger partial charge on any atom is -0.291 e. The van der Waals surface area contributed by atoms with E-state index in [-0.39, 0.29) is 5.56 Å². The Bertz CT molecular complexity index is 752. The molecule has 3 rings (SSSR count). The zero-order chi connectivity index (χ0) is 11.3. The van der Waals surface area contributed by atoms with Gasteiger partial charge in [-0.2, -0.15) is 5.10 Å². The molecule has 0 unspecified atom stereocenters. The number of aromatic nitrogens is 3. The number of benzene rings is 1. The van der Waals surface area contributed by atoms with E-state index in [4.69, 9.17) is 0 Å². The molecule has 4 nitrogen and oxygen atoms in total. The fourth-order valence-electron chi connectivity index (χ4n) is 2.13. The minimum absolute atomic E-state index is 0.0678. The van der Waals surface area contributed by atoms with Crippen LogP contribution in [0, 0.1) is 6.92 Å². The van der Waals surface area contributed by atoms with Crippen LogP contribution in [0.15, 0.2) is 35.1 Å². The summed E-state index contributed by atoms with van der Waals surface area (Å²) in [5.74, 6) is 0.818. The summed E-state index contributed by atoms with van der Waals surface area (Å²) < 4.78 is 3.28. The highest BCUT2D eigenvalue weighted by atomic mass is 16.1. The molecule has 2 aromatic heterocycles. The van der Waals surface area contributed by atoms with Crippen LogP contribution in [0.1, 0.15) is 5.82 Å². The van der Waals surface area contributed by atoms with Crippen molar-refractivity contribution < 1.29 is 0 Å². The standard InChI is InChI=1S/C12H11N3O/c1-8-13-14(2)12(16)11-7-9-5-3-4-6-10(9)15(8)11/h3-7H,1-2H3. The molecular formula is C12H11N3O. The molecule has 2 heterocycles. The molecule has 3 aromatic rings. The number of fused-ring (bicyclic) bond motifs is 3. The molecule has 0 radical (unpaired) electrons. The Balaban J connectivity index is 2.70. The first-order valence-corrected chi connectivity index (χ1v) is 5.12. The van der Waals surface area contributed by atoms with Crippen molar-refractivity contribution in [1.82, 2.24) is 14.2 Å². The average molecular weight is 213 g/mol. The smallest absolute Gasteiger partial charge is 0.290 e. The van der Waals surface area contributed by atoms with Gasteiger partial charge in [0.25, 0.3) is 5.56 Å². The summed E-state index contributed by atoms with van der Waals surface area (Å²) in [6.07, 6.45) is 0. The van der Waals surface area contributed by atoms with Crippen LogP contribution in [0.5, 0.6) is 0 Å². The lowest BCUT2D eigenvalue weighted by atomic mass is 10.2. The molecule has 0 aliphatic heterocycles. The quantitative estimate of drug-likeness (QED) is 0.567. The van der Waals surface area contributed by atoms with Gasteiger partial charge in [0.15, 0.2) is 0 Å². The maximum atomic E-state index is 11.9. The van der Waals surface area contributed by atoms with Gasteiger partial charge in [-0.3, -0.25) is 9.20 Å². The molecular weight excluding hydrogens is 202 g/mol. The van der Waals surface area contributed by atoms with E-state index in [0.29, 0.717) is 5.52 Å². The van der Waals surface area contributed by atoms with Crippen LogP contribution in [0.4, 0.5) is 0 Å². The Morgan fingerprint density at radius 2 is 1.94 bits per heavy atom. The molecule has 0 amide bonds. The van der Waals surface area contributed by atoms with E-state index in [2.05, 4.69) is 5.10 Å². The van der Waals surface area contributed by atoms with E-state index < -0.39 is 0 Å². The van der Waals surface area contributed by atoms with E-state index in [1.54, 1.807) is 7.05 Å². The van der Waals surface area contributed by atoms with Crippen LogP contribution in [0.2, 0.25) is 0 Å². The lowest BCUT2D eigenvalue weighted by Gasteiger charge is -2.03. The number of hydrogen-bond donors (Lipinski definition) is 0. The molecule has 1 aromatic carbocycles. The minimum atomic E-state index is -0.0678. The fraction of sp³-hybridized carbons (Fsp3) is 0.167. The molecule has 0 saturated carbocycles. The third-order valence-corrected chi connectivity index (χ3v) is 2.84. The first kappa shape index (κ1) is 9.15. The summed E-state index contributed by atoms with van der Waals surface area (Å²) in [5.41, 5.74) is 1.64. The van der Waals surface area contributed by atoms with Crippen molar-refractivity contribution in [3.05, 3.63) is 46.5 Å². The molecule has 4 heteroatoms. The largest absolute Gasteiger partial charge is 0.291 e. The Morgan fingerprint density at radius 3 is 2.75 bits per heavy atom. The zero-order valence-corrected chi connectivity index (χ0v) is 9.14. The number of nitrogens with zero attached hydrogens (tertiary/aromatic N) is 3. The van der Waals surface area contributed by atoms with Crippen LogP contribution < -0.4 is 5.56 Å². The third kappa shape index (κ3) is 1.04. The van der Waals surface area contributed by atoms with Gasteiger partial charge in [-0.1, -0.05) is 18.2 Å². The van der Waals surface area contributed by atoms with E-state index >= 15 is 0 Å². The van der Waals surface area contributed by atoms with Gasteiger partial charge in [-0.25, -0.2) is 4.68 Å². The lowest BCUT2D eigenvalue weighted by Crippen LogP contribution is -2.23. The topological polar surface area (TPSA) is 39.3 Å². The van der Waals surface area contributed by atoms with Crippen LogP contribution >= 0.6 is 0 Å². The molecule has 80 valence electrons. The number of rotatable bonds is 0. The molecule has 0 N–H and O–H groups in total. The predicted octanol–water partition coefficient (Wildman–Crippen LogP) is 1.49. The average Bonchev–Trinajstić information content (AvgIpc) is 2.65. The highest BCUT2D eigenvalue weighted by Gasteiger charge is 2.09. The zero-order valence-electron chi connectivity index (χ0n) is 9.14. The van der Waals surface area contributed by atoms with Crippen molar-refractivity contribution in [2.24, 2.45) is 7.05 Å². The summed E-state index contributed by atoms with van der Waals surface area (Å²) in [7, 11) is 1.67. The van der Waals surface area contributed by atoms with Crippen molar-refractivity contribution in [2.45, 2.75) is 6.92 Å². The van der Waals surface area contributed by atoms with E-state index in [1.807, 2.05) is 41.7 Å². The SMILES string of the molecule is Cc1nn(C)c(=O)c2cc3ccccc3n12. The maximum absolute atomic E-state index is 11.9. The fourth-order valence-corrected chi connectivity index (χ4v) is 2.13. The van der Waals surface area contributed by atoms with E-state index in [1.165, 1.54) is 4.68 Å². The van der Waals surface area contributed by atoms with Gasteiger partial charge in [0.05, 0.1) is 5.52 Å². The van der Waals surface area contributed by atoms with Gasteiger partial charge >= 0.3 is 0 Å². The predicted molar refractivity (Wildman–Crippen MR) is 62.7 cm³/mol. The summed E-state index contributed by atoms with van der Waals surface area (Å²) in [6, 6.07) is 9.84. The lowest BCUT2D eigenvalue weighted by molar-refractivity contribution is 0.672. The monoisotopic (exact) mass is 213 g/mol. The van der Waals surface area contributed by atoms with Crippen molar-refractivity contribution in [3.8, 4) is 0 Å². The highest BCUT2D eigenvalue weighted by molar-refractivity contribution is 5.86. The molecule has 0 spiro atoms. The van der Waals surface area contributed by atoms with Crippen LogP contribution in [-0.2, 0) is 7.05 Å². The second-order valence-electron chi connectivity index (χ2n) is 3.90. The summed E-state index contributed by atoms with van der Waals surface area (Å²) in [4.78, 5) is 11.9. The number of para-hydroxylation sites is 1. The summed E-state index contributed by atoms with van der Waals surface area (Å²) in [5, 5.41) is 5.26. The highest BCUT2D eigenvalue weighted by Crippen LogP contribution is 2.18. The van der Waals surface area contributed by atoms with Gasteiger partial charge in [0.1, 0.15) is 11.3 Å². The molecule has 0 bridgehead atoms. The second-order valence-corrected chi connectivity index (χ2v) is 3.90. The third-order valence-electron chi connectivity index (χ3n) is 2.84. The number of aryl methyl sites for hydroxylation is 2. The van der Waals surface area contributed by atoms with Gasteiger partial charge in [0, 0.05) is 12.4 Å². The molecule has 16 heavy (non-hydrogen) atoms. The Labute approximate surface area is 91.7 Å². The normalized spacial score (nSPS) is 11.4. The van der Waals surface area contributed by atoms with Gasteiger partial charge in [0.2, 0.25) is 0 Å². The second kappa shape index (κ2) is 2.95. The van der Waals surface area contributed by atoms with Crippen molar-refractivity contribution >= 4 is 16.4 Å². The molecule has 0 fully saturated rings. The summed E-state index contributed by atoms with van der Waals surface area (Å²) in [6.45, 7) is 1.90.